The maximum atomic E-state index is 6.45. The highest BCUT2D eigenvalue weighted by molar-refractivity contribution is 6.20. The molecular formula is C16H25ClO. The summed E-state index contributed by atoms with van der Waals surface area (Å²) in [6.45, 7) is 4.30. The van der Waals surface area contributed by atoms with Crippen LogP contribution >= 0.6 is 11.6 Å². The third kappa shape index (κ3) is 4.89. The van der Waals surface area contributed by atoms with Gasteiger partial charge in [0, 0.05) is 0 Å². The van der Waals surface area contributed by atoms with Gasteiger partial charge in [0.15, 0.2) is 0 Å². The van der Waals surface area contributed by atoms with Crippen molar-refractivity contribution in [1.82, 2.24) is 0 Å². The quantitative estimate of drug-likeness (QED) is 0.438. The fourth-order valence-corrected chi connectivity index (χ4v) is 2.48. The van der Waals surface area contributed by atoms with Crippen LogP contribution in [0.5, 0.6) is 5.75 Å². The lowest BCUT2D eigenvalue weighted by Gasteiger charge is -2.12. The molecule has 0 saturated heterocycles. The number of hydrogen-bond donors (Lipinski definition) is 0. The second-order valence-corrected chi connectivity index (χ2v) is 5.43. The zero-order valence-corrected chi connectivity index (χ0v) is 12.6. The molecule has 0 aliphatic rings. The van der Waals surface area contributed by atoms with E-state index in [1.807, 2.05) is 6.07 Å². The largest absolute Gasteiger partial charge is 0.496 e. The van der Waals surface area contributed by atoms with Crippen molar-refractivity contribution in [3.8, 4) is 5.75 Å². The first-order valence-corrected chi connectivity index (χ1v) is 7.41. The Morgan fingerprint density at radius 3 is 2.50 bits per heavy atom. The fourth-order valence-electron chi connectivity index (χ4n) is 2.19. The molecule has 0 fully saturated rings. The molecule has 2 heteroatoms. The van der Waals surface area contributed by atoms with Crippen LogP contribution in [0.3, 0.4) is 0 Å². The van der Waals surface area contributed by atoms with Crippen molar-refractivity contribution in [1.29, 1.82) is 0 Å². The first-order valence-electron chi connectivity index (χ1n) is 6.97. The average molecular weight is 269 g/mol. The fraction of sp³-hybridized carbons (Fsp3) is 0.625. The van der Waals surface area contributed by atoms with Crippen LogP contribution in [0.2, 0.25) is 0 Å². The van der Waals surface area contributed by atoms with Crippen LogP contribution < -0.4 is 4.74 Å². The lowest BCUT2D eigenvalue weighted by Crippen LogP contribution is -1.94. The zero-order valence-electron chi connectivity index (χ0n) is 11.8. The predicted molar refractivity (Wildman–Crippen MR) is 79.7 cm³/mol. The van der Waals surface area contributed by atoms with E-state index in [2.05, 4.69) is 26.0 Å². The topological polar surface area (TPSA) is 9.23 Å². The van der Waals surface area contributed by atoms with Gasteiger partial charge in [-0.1, -0.05) is 51.2 Å². The molecule has 1 aromatic rings. The number of alkyl halides is 1. The van der Waals surface area contributed by atoms with Crippen LogP contribution in [0.4, 0.5) is 0 Å². The van der Waals surface area contributed by atoms with Crippen LogP contribution in [-0.4, -0.2) is 7.11 Å². The van der Waals surface area contributed by atoms with Gasteiger partial charge in [0.25, 0.3) is 0 Å². The van der Waals surface area contributed by atoms with Crippen molar-refractivity contribution >= 4 is 11.6 Å². The Kier molecular flexibility index (Phi) is 7.19. The molecule has 1 aromatic carbocycles. The molecular weight excluding hydrogens is 244 g/mol. The standard InChI is InChI=1S/C16H25ClO/c1-4-5-6-7-8-9-15(17)14-10-11-16(18-3)13(2)12-14/h10-12,15H,4-9H2,1-3H3. The summed E-state index contributed by atoms with van der Waals surface area (Å²) < 4.78 is 5.26. The van der Waals surface area contributed by atoms with E-state index in [9.17, 15) is 0 Å². The average Bonchev–Trinajstić information content (AvgIpc) is 2.38. The lowest BCUT2D eigenvalue weighted by atomic mass is 10.0. The van der Waals surface area contributed by atoms with E-state index >= 15 is 0 Å². The minimum Gasteiger partial charge on any atom is -0.496 e. The summed E-state index contributed by atoms with van der Waals surface area (Å²) in [6, 6.07) is 6.23. The molecule has 0 bridgehead atoms. The van der Waals surface area contributed by atoms with Crippen molar-refractivity contribution in [2.24, 2.45) is 0 Å². The van der Waals surface area contributed by atoms with Crippen LogP contribution in [0.25, 0.3) is 0 Å². The Morgan fingerprint density at radius 1 is 1.17 bits per heavy atom. The van der Waals surface area contributed by atoms with Crippen molar-refractivity contribution < 1.29 is 4.74 Å². The van der Waals surface area contributed by atoms with Gasteiger partial charge < -0.3 is 4.74 Å². The van der Waals surface area contributed by atoms with Gasteiger partial charge in [0.1, 0.15) is 5.75 Å². The zero-order chi connectivity index (χ0) is 13.4. The molecule has 1 unspecified atom stereocenters. The summed E-state index contributed by atoms with van der Waals surface area (Å²) in [6.07, 6.45) is 7.56. The SMILES string of the molecule is CCCCCCCC(Cl)c1ccc(OC)c(C)c1. The Balaban J connectivity index is 2.41. The highest BCUT2D eigenvalue weighted by Gasteiger charge is 2.09. The van der Waals surface area contributed by atoms with Crippen molar-refractivity contribution in [3.05, 3.63) is 29.3 Å². The summed E-state index contributed by atoms with van der Waals surface area (Å²) in [5.41, 5.74) is 2.37. The van der Waals surface area contributed by atoms with Gasteiger partial charge in [-0.15, -0.1) is 11.6 Å². The Morgan fingerprint density at radius 2 is 1.89 bits per heavy atom. The second kappa shape index (κ2) is 8.42. The number of methoxy groups -OCH3 is 1. The summed E-state index contributed by atoms with van der Waals surface area (Å²) in [4.78, 5) is 0. The first kappa shape index (κ1) is 15.4. The third-order valence-electron chi connectivity index (χ3n) is 3.34. The van der Waals surface area contributed by atoms with Crippen LogP contribution in [0, 0.1) is 6.92 Å². The number of hydrogen-bond acceptors (Lipinski definition) is 1. The Bertz CT molecular complexity index is 349. The minimum absolute atomic E-state index is 0.135. The monoisotopic (exact) mass is 268 g/mol. The van der Waals surface area contributed by atoms with E-state index < -0.39 is 0 Å². The number of unbranched alkanes of at least 4 members (excludes halogenated alkanes) is 4. The molecule has 0 aromatic heterocycles. The molecule has 0 aliphatic heterocycles. The summed E-state index contributed by atoms with van der Waals surface area (Å²) in [5.74, 6) is 0.936. The molecule has 0 radical (unpaired) electrons. The number of benzene rings is 1. The molecule has 0 N–H and O–H groups in total. The molecule has 0 saturated carbocycles. The Hall–Kier alpha value is -0.690. The highest BCUT2D eigenvalue weighted by Crippen LogP contribution is 2.30. The summed E-state index contributed by atoms with van der Waals surface area (Å²) in [5, 5.41) is 0.135. The predicted octanol–water partition coefficient (Wildman–Crippen LogP) is 5.64. The van der Waals surface area contributed by atoms with Crippen LogP contribution in [-0.2, 0) is 0 Å². The van der Waals surface area contributed by atoms with Crippen LogP contribution in [0.1, 0.15) is 62.0 Å². The minimum atomic E-state index is 0.135. The van der Waals surface area contributed by atoms with Crippen molar-refractivity contribution in [2.75, 3.05) is 7.11 Å². The lowest BCUT2D eigenvalue weighted by molar-refractivity contribution is 0.411. The maximum Gasteiger partial charge on any atom is 0.121 e. The molecule has 0 aliphatic carbocycles. The summed E-state index contributed by atoms with van der Waals surface area (Å²) in [7, 11) is 1.70. The van der Waals surface area contributed by atoms with Gasteiger partial charge in [-0.05, 0) is 30.5 Å². The van der Waals surface area contributed by atoms with Gasteiger partial charge >= 0.3 is 0 Å². The number of aryl methyl sites for hydroxylation is 1. The van der Waals surface area contributed by atoms with Crippen LogP contribution in [0.15, 0.2) is 18.2 Å². The van der Waals surface area contributed by atoms with E-state index in [0.717, 1.165) is 17.7 Å². The van der Waals surface area contributed by atoms with Gasteiger partial charge in [0.2, 0.25) is 0 Å². The second-order valence-electron chi connectivity index (χ2n) is 4.90. The smallest absolute Gasteiger partial charge is 0.121 e. The van der Waals surface area contributed by atoms with E-state index in [4.69, 9.17) is 16.3 Å². The van der Waals surface area contributed by atoms with Crippen molar-refractivity contribution in [3.63, 3.8) is 0 Å². The number of rotatable bonds is 8. The molecule has 0 spiro atoms. The Labute approximate surface area is 116 Å². The molecule has 102 valence electrons. The molecule has 0 amide bonds. The van der Waals surface area contributed by atoms with E-state index in [1.165, 1.54) is 37.7 Å². The van der Waals surface area contributed by atoms with Gasteiger partial charge in [-0.25, -0.2) is 0 Å². The number of ether oxygens (including phenoxy) is 1. The molecule has 0 heterocycles. The van der Waals surface area contributed by atoms with Gasteiger partial charge in [-0.3, -0.25) is 0 Å². The van der Waals surface area contributed by atoms with E-state index in [1.54, 1.807) is 7.11 Å². The molecule has 1 atom stereocenters. The molecule has 18 heavy (non-hydrogen) atoms. The van der Waals surface area contributed by atoms with Crippen molar-refractivity contribution in [2.45, 2.75) is 57.7 Å². The van der Waals surface area contributed by atoms with Gasteiger partial charge in [-0.2, -0.15) is 0 Å². The first-order chi connectivity index (χ1) is 8.69. The van der Waals surface area contributed by atoms with E-state index in [0.29, 0.717) is 0 Å². The maximum absolute atomic E-state index is 6.45. The molecule has 1 nitrogen and oxygen atoms in total. The third-order valence-corrected chi connectivity index (χ3v) is 3.81. The van der Waals surface area contributed by atoms with Gasteiger partial charge in [0.05, 0.1) is 12.5 Å². The molecule has 1 rings (SSSR count). The number of halogens is 1. The normalized spacial score (nSPS) is 12.4. The summed E-state index contributed by atoms with van der Waals surface area (Å²) >= 11 is 6.45. The van der Waals surface area contributed by atoms with E-state index in [-0.39, 0.29) is 5.38 Å². The highest BCUT2D eigenvalue weighted by atomic mass is 35.5.